The molecule has 3 aromatic heterocycles. The number of aromatic hydroxyl groups is 7. The van der Waals surface area contributed by atoms with Crippen LogP contribution in [0.1, 0.15) is 0 Å². The van der Waals surface area contributed by atoms with Crippen LogP contribution >= 0.6 is 11.3 Å². The Morgan fingerprint density at radius 1 is 0.426 bits per heavy atom. The molecule has 11 nitrogen and oxygen atoms in total. The zero-order chi connectivity index (χ0) is 42.6. The van der Waals surface area contributed by atoms with E-state index in [0.29, 0.717) is 48.9 Å². The lowest BCUT2D eigenvalue weighted by atomic mass is 9.83. The van der Waals surface area contributed by atoms with E-state index in [1.807, 2.05) is 60.7 Å². The molecule has 10 aromatic rings. The predicted molar refractivity (Wildman–Crippen MR) is 242 cm³/mol. The van der Waals surface area contributed by atoms with Crippen molar-refractivity contribution in [2.24, 2.45) is 0 Å². The van der Waals surface area contributed by atoms with Crippen LogP contribution < -0.4 is 21.9 Å². The third-order valence-electron chi connectivity index (χ3n) is 10.8. The van der Waals surface area contributed by atoms with Gasteiger partial charge in [-0.25, -0.2) is 15.0 Å². The summed E-state index contributed by atoms with van der Waals surface area (Å²) in [5, 5.41) is 78.7. The molecule has 3 heterocycles. The third kappa shape index (κ3) is 5.66. The molecule has 0 spiro atoms. The molecule has 0 bridgehead atoms. The van der Waals surface area contributed by atoms with E-state index in [1.54, 1.807) is 18.2 Å². The lowest BCUT2D eigenvalue weighted by Crippen LogP contribution is -2.17. The molecule has 0 fully saturated rings. The van der Waals surface area contributed by atoms with Crippen molar-refractivity contribution in [1.29, 1.82) is 0 Å². The number of thiophene rings is 1. The summed E-state index contributed by atoms with van der Waals surface area (Å²) < 4.78 is 2.40. The number of aromatic nitrogens is 4. The Morgan fingerprint density at radius 2 is 1.02 bits per heavy atom. The maximum atomic E-state index is 11.7. The van der Waals surface area contributed by atoms with Gasteiger partial charge in [-0.1, -0.05) is 89.2 Å². The van der Waals surface area contributed by atoms with Gasteiger partial charge in [0.2, 0.25) is 0 Å². The number of fused-ring (bicyclic) bond motifs is 6. The van der Waals surface area contributed by atoms with Crippen LogP contribution in [-0.2, 0) is 0 Å². The van der Waals surface area contributed by atoms with Gasteiger partial charge < -0.3 is 40.3 Å². The fourth-order valence-electron chi connectivity index (χ4n) is 7.97. The molecule has 0 aliphatic heterocycles. The van der Waals surface area contributed by atoms with Gasteiger partial charge in [0.05, 0.1) is 22.0 Å². The second kappa shape index (κ2) is 13.7. The Hall–Kier alpha value is -7.57. The van der Waals surface area contributed by atoms with Crippen LogP contribution in [0.3, 0.4) is 0 Å². The van der Waals surface area contributed by atoms with Crippen LogP contribution in [0.2, 0.25) is 0 Å². The minimum absolute atomic E-state index is 0.0293. The summed E-state index contributed by atoms with van der Waals surface area (Å²) >= 11 is 1.18. The average molecular weight is 808 g/mol. The monoisotopic (exact) mass is 808 g/mol. The number of benzene rings is 7. The molecule has 0 atom stereocenters. The quantitative estimate of drug-likeness (QED) is 0.0700. The molecule has 7 aromatic carbocycles. The van der Waals surface area contributed by atoms with Gasteiger partial charge in [-0.05, 0) is 35.3 Å². The van der Waals surface area contributed by atoms with E-state index >= 15 is 0 Å². The molecule has 0 saturated heterocycles. The molecule has 10 rings (SSSR count). The van der Waals surface area contributed by atoms with Gasteiger partial charge in [-0.15, -0.1) is 11.3 Å². The summed E-state index contributed by atoms with van der Waals surface area (Å²) in [4.78, 5) is 14.8. The van der Waals surface area contributed by atoms with Crippen molar-refractivity contribution in [2.45, 2.75) is 0 Å². The van der Waals surface area contributed by atoms with Crippen molar-refractivity contribution >= 4 is 107 Å². The van der Waals surface area contributed by atoms with E-state index in [1.165, 1.54) is 34.1 Å². The fourth-order valence-corrected chi connectivity index (χ4v) is 9.26. The first kappa shape index (κ1) is 37.7. The summed E-state index contributed by atoms with van der Waals surface area (Å²) in [6.07, 6.45) is 0. The van der Waals surface area contributed by atoms with Crippen LogP contribution in [0, 0.1) is 0 Å². The van der Waals surface area contributed by atoms with Crippen molar-refractivity contribution < 1.29 is 35.7 Å². The topological polar surface area (TPSA) is 185 Å². The average Bonchev–Trinajstić information content (AvgIpc) is 3.85. The Morgan fingerprint density at radius 3 is 1.67 bits per heavy atom. The molecule has 0 aliphatic carbocycles. The van der Waals surface area contributed by atoms with E-state index in [4.69, 9.17) is 46.3 Å². The SMILES string of the molecule is [B]c1cc([B])c2c(c1O)c1c(O)c(O)cc(O)c1n2-c1cc(-c2cc(O)c(O)c3c2sc2c([B])cc(O)c([B])c23)ccc1-c1nc(-c2ccccc2)nc(-c2ccccc2)n1. The second-order valence-corrected chi connectivity index (χ2v) is 15.4. The third-order valence-corrected chi connectivity index (χ3v) is 12.0. The number of rotatable bonds is 5. The normalized spacial score (nSPS) is 11.7. The van der Waals surface area contributed by atoms with Gasteiger partial charge in [0.15, 0.2) is 40.5 Å². The van der Waals surface area contributed by atoms with Crippen molar-refractivity contribution in [3.8, 4) is 91.2 Å². The summed E-state index contributed by atoms with van der Waals surface area (Å²) in [7, 11) is 25.6. The molecule has 0 aliphatic rings. The molecule has 16 heteroatoms. The molecule has 0 saturated carbocycles. The lowest BCUT2D eigenvalue weighted by Gasteiger charge is -2.18. The maximum absolute atomic E-state index is 11.7. The molecule has 0 unspecified atom stereocenters. The Balaban J connectivity index is 1.37. The first-order chi connectivity index (χ1) is 29.3. The van der Waals surface area contributed by atoms with Gasteiger partial charge >= 0.3 is 0 Å². The lowest BCUT2D eigenvalue weighted by molar-refractivity contribution is 0.402. The number of hydrogen-bond donors (Lipinski definition) is 7. The summed E-state index contributed by atoms with van der Waals surface area (Å²) in [5.41, 5.74) is 2.85. The van der Waals surface area contributed by atoms with Crippen LogP contribution in [-0.4, -0.2) is 86.6 Å². The largest absolute Gasteiger partial charge is 0.509 e. The Labute approximate surface area is 354 Å². The van der Waals surface area contributed by atoms with Gasteiger partial charge in [-0.2, -0.15) is 0 Å². The standard InChI is InChI=1S/C45H24B4N4O7S/c46-23-15-24(47)38(58)32-33-37(28(55)17-30(57)39(33)59)53(36(23)32)26-13-20(22-14-29(56)40(60)34-31-35(49)27(54)16-25(48)42(31)61-41(22)34)11-12-21(26)45-51-43(18-7-3-1-4-8-18)50-44(52-45)19-9-5-2-6-10-19/h1-17,54-60H. The van der Waals surface area contributed by atoms with Crippen molar-refractivity contribution in [2.75, 3.05) is 0 Å². The zero-order valence-corrected chi connectivity index (χ0v) is 32.3. The molecule has 61 heavy (non-hydrogen) atoms. The Bertz CT molecular complexity index is 3380. The van der Waals surface area contributed by atoms with Gasteiger partial charge in [0.1, 0.15) is 54.2 Å². The van der Waals surface area contributed by atoms with E-state index < -0.39 is 34.5 Å². The summed E-state index contributed by atoms with van der Waals surface area (Å²) in [5.74, 6) is -2.74. The maximum Gasteiger partial charge on any atom is 0.168 e. The second-order valence-electron chi connectivity index (χ2n) is 14.4. The van der Waals surface area contributed by atoms with Gasteiger partial charge in [0.25, 0.3) is 0 Å². The molecule has 284 valence electrons. The number of hydrogen-bond acceptors (Lipinski definition) is 11. The predicted octanol–water partition coefficient (Wildman–Crippen LogP) is 5.12. The number of phenolic OH excluding ortho intramolecular Hbond substituents is 7. The summed E-state index contributed by atoms with van der Waals surface area (Å²) in [6, 6.07) is 28.7. The minimum atomic E-state index is -0.674. The number of nitrogens with zero attached hydrogens (tertiary/aromatic N) is 4. The van der Waals surface area contributed by atoms with E-state index in [9.17, 15) is 35.7 Å². The molecular formula is C45H24B4N4O7S. The molecule has 0 amide bonds. The van der Waals surface area contributed by atoms with E-state index in [2.05, 4.69) is 0 Å². The van der Waals surface area contributed by atoms with Crippen LogP contribution in [0.25, 0.3) is 93.0 Å². The highest BCUT2D eigenvalue weighted by Crippen LogP contribution is 2.51. The molecule has 7 N–H and O–H groups in total. The van der Waals surface area contributed by atoms with Gasteiger partial charge in [0, 0.05) is 48.5 Å². The number of phenols is 7. The highest BCUT2D eigenvalue weighted by Gasteiger charge is 2.29. The minimum Gasteiger partial charge on any atom is -0.509 e. The van der Waals surface area contributed by atoms with E-state index in [0.717, 1.165) is 6.07 Å². The summed E-state index contributed by atoms with van der Waals surface area (Å²) in [6.45, 7) is 0. The van der Waals surface area contributed by atoms with Crippen molar-refractivity contribution in [3.05, 3.63) is 103 Å². The van der Waals surface area contributed by atoms with Gasteiger partial charge in [-0.3, -0.25) is 0 Å². The van der Waals surface area contributed by atoms with Crippen molar-refractivity contribution in [1.82, 2.24) is 19.5 Å². The van der Waals surface area contributed by atoms with Crippen LogP contribution in [0.15, 0.2) is 103 Å². The smallest absolute Gasteiger partial charge is 0.168 e. The Kier molecular flexibility index (Phi) is 8.49. The first-order valence-corrected chi connectivity index (χ1v) is 19.3. The first-order valence-electron chi connectivity index (χ1n) is 18.5. The highest BCUT2D eigenvalue weighted by molar-refractivity contribution is 7.27. The molecular weight excluding hydrogens is 784 g/mol. The van der Waals surface area contributed by atoms with Crippen LogP contribution in [0.5, 0.6) is 40.2 Å². The fraction of sp³-hybridized carbons (Fsp3) is 0. The van der Waals surface area contributed by atoms with E-state index in [-0.39, 0.29) is 71.7 Å². The van der Waals surface area contributed by atoms with Crippen molar-refractivity contribution in [3.63, 3.8) is 0 Å². The molecule has 8 radical (unpaired) electrons. The highest BCUT2D eigenvalue weighted by atomic mass is 32.1. The zero-order valence-electron chi connectivity index (χ0n) is 31.5. The van der Waals surface area contributed by atoms with Crippen LogP contribution in [0.4, 0.5) is 0 Å².